The van der Waals surface area contributed by atoms with Gasteiger partial charge < -0.3 is 63.3 Å². The molecule has 3 aromatic carbocycles. The van der Waals surface area contributed by atoms with E-state index in [4.69, 9.17) is 59.4 Å². The van der Waals surface area contributed by atoms with Crippen molar-refractivity contribution < 1.29 is 61.8 Å². The molecule has 476 valence electrons. The van der Waals surface area contributed by atoms with Gasteiger partial charge in [0.25, 0.3) is 0 Å². The number of β-amino-alcohol motifs (C(OH)–C–C–N with tert-alkyl or cyclic N) is 2. The molecule has 3 aromatic heterocycles. The number of hydrogen-bond acceptors (Lipinski definition) is 20. The lowest BCUT2D eigenvalue weighted by Crippen LogP contribution is -2.39. The van der Waals surface area contributed by atoms with Crippen molar-refractivity contribution in [3.8, 4) is 17.2 Å². The maximum Gasteiger partial charge on any atom is 0.306 e. The number of carbonyl (C=O) groups is 2. The number of ether oxygens (including phenoxy) is 5. The van der Waals surface area contributed by atoms with E-state index in [1.807, 2.05) is 59.7 Å². The summed E-state index contributed by atoms with van der Waals surface area (Å²) >= 11 is 5.37. The Morgan fingerprint density at radius 3 is 1.36 bits per heavy atom. The van der Waals surface area contributed by atoms with Crippen LogP contribution in [0.1, 0.15) is 135 Å². The molecule has 3 atom stereocenters. The maximum absolute atomic E-state index is 11.8. The van der Waals surface area contributed by atoms with Crippen molar-refractivity contribution in [1.82, 2.24) is 30.1 Å². The van der Waals surface area contributed by atoms with E-state index in [0.717, 1.165) is 87.1 Å². The monoisotopic (exact) mass is 1250 g/mol. The number of oxazole rings is 3. The molecule has 3 aliphatic rings. The summed E-state index contributed by atoms with van der Waals surface area (Å²) in [6, 6.07) is 12.4. The number of aromatic nitrogens is 3. The Labute approximate surface area is 525 Å². The largest absolute Gasteiger partial charge is 0.485 e. The lowest BCUT2D eigenvalue weighted by Gasteiger charge is -2.31. The Morgan fingerprint density at radius 2 is 0.988 bits per heavy atom. The van der Waals surface area contributed by atoms with Gasteiger partial charge in [-0.1, -0.05) is 18.2 Å². The third-order valence-electron chi connectivity index (χ3n) is 14.1. The second-order valence-electron chi connectivity index (χ2n) is 23.2. The third kappa shape index (κ3) is 24.5. The van der Waals surface area contributed by atoms with Gasteiger partial charge in [-0.05, 0) is 169 Å². The SMILES string of the molecule is CC(C)(C)OC(=O)CC[C@H](O)CCl.Cc1c(OCc2cnco2)ccc2c1CCN(C[C@@H](O)CCC(=O)OC(C)(C)C)C2.Cc1c(OCc2cnco2)ccc2c1CCN(C[C@@H](O)CN)C2.Cc1c(OCc2cnco2)ccc2c1CCNC2.S.S. The number of nitrogens with zero attached hydrogens (tertiary/aromatic N) is 5. The molecule has 9 rings (SSSR count). The summed E-state index contributed by atoms with van der Waals surface area (Å²) in [5.41, 5.74) is 16.1. The number of carbonyl (C=O) groups excluding carboxylic acids is 2. The van der Waals surface area contributed by atoms with Crippen molar-refractivity contribution in [3.63, 3.8) is 0 Å². The molecule has 6 N–H and O–H groups in total. The van der Waals surface area contributed by atoms with Gasteiger partial charge >= 0.3 is 11.9 Å². The maximum atomic E-state index is 11.8. The first kappa shape index (κ1) is 72.8. The van der Waals surface area contributed by atoms with Gasteiger partial charge in [0.05, 0.1) is 36.9 Å². The standard InChI is InChI=1S/C23H32N2O5.C17H23N3O3.C14H16N2O2.C9H17ClO3.2H2S/c1-16-20-9-10-25(13-18(26)6-8-22(27)30-23(2,3)4)12-17(20)5-7-21(16)28-14-19-11-24-15-29-19;1-12-16-4-5-20(9-14(21)6-18)8-13(16)2-3-17(12)22-10-15-7-19-11-23-15;1-10-13-4-5-15-6-11(13)2-3-14(10)17-8-12-7-16-9-18-12;1-9(2,3)13-8(12)5-4-7(11)6-10;;/h5,7,11,15,18,26H,6,8-10,12-14H2,1-4H3;2-3,7,11,14,21H,4-6,8-10,18H2,1H3;2-3,7,9,15H,4-6,8H2,1H3;7,11H,4-6H2,1-3H3;2*1H2/t18-;14-;;7-;;/m00.0../s1. The molecule has 6 aromatic rings. The number of hydrogen-bond donors (Lipinski definition) is 5. The van der Waals surface area contributed by atoms with E-state index in [-0.39, 0.29) is 57.7 Å². The number of halogens is 1. The van der Waals surface area contributed by atoms with Gasteiger partial charge in [0.2, 0.25) is 0 Å². The summed E-state index contributed by atoms with van der Waals surface area (Å²) in [6.45, 7) is 25.3. The Balaban J connectivity index is 0.000000254. The number of fused-ring (bicyclic) bond motifs is 3. The Morgan fingerprint density at radius 1 is 0.605 bits per heavy atom. The fraction of sp³-hybridized carbons (Fsp3) is 0.540. The minimum Gasteiger partial charge on any atom is -0.485 e. The molecule has 0 amide bonds. The minimum absolute atomic E-state index is 0. The summed E-state index contributed by atoms with van der Waals surface area (Å²) in [7, 11) is 0. The summed E-state index contributed by atoms with van der Waals surface area (Å²) in [6.07, 6.45) is 11.7. The number of esters is 2. The van der Waals surface area contributed by atoms with Gasteiger partial charge in [-0.25, -0.2) is 15.0 Å². The van der Waals surface area contributed by atoms with Crippen molar-refractivity contribution >= 4 is 50.5 Å². The van der Waals surface area contributed by atoms with Crippen molar-refractivity contribution in [2.45, 2.75) is 176 Å². The zero-order chi connectivity index (χ0) is 60.8. The van der Waals surface area contributed by atoms with Crippen LogP contribution >= 0.6 is 38.6 Å². The van der Waals surface area contributed by atoms with Gasteiger partial charge in [-0.15, -0.1) is 11.6 Å². The molecule has 0 fully saturated rings. The van der Waals surface area contributed by atoms with Crippen LogP contribution in [0, 0.1) is 20.8 Å². The lowest BCUT2D eigenvalue weighted by molar-refractivity contribution is -0.156. The number of nitrogens with two attached hydrogens (primary N) is 1. The highest BCUT2D eigenvalue weighted by Crippen LogP contribution is 2.32. The number of rotatable bonds is 21. The average Bonchev–Trinajstić information content (AvgIpc) is 3.62. The smallest absolute Gasteiger partial charge is 0.306 e. The Kier molecular flexibility index (Phi) is 30.5. The van der Waals surface area contributed by atoms with Crippen LogP contribution in [0.15, 0.2) is 87.4 Å². The number of benzene rings is 3. The van der Waals surface area contributed by atoms with E-state index < -0.39 is 29.5 Å². The van der Waals surface area contributed by atoms with Gasteiger partial charge in [-0.3, -0.25) is 19.4 Å². The molecular weight excluding hydrogens is 1160 g/mol. The van der Waals surface area contributed by atoms with E-state index in [1.54, 1.807) is 18.6 Å². The lowest BCUT2D eigenvalue weighted by atomic mass is 9.94. The third-order valence-corrected chi connectivity index (χ3v) is 14.5. The van der Waals surface area contributed by atoms with Crippen LogP contribution in [-0.4, -0.2) is 127 Å². The number of aliphatic hydroxyl groups excluding tert-OH is 3. The van der Waals surface area contributed by atoms with Crippen LogP contribution in [0.4, 0.5) is 0 Å². The van der Waals surface area contributed by atoms with Crippen molar-refractivity contribution in [2.75, 3.05) is 45.1 Å². The molecule has 0 spiro atoms. The van der Waals surface area contributed by atoms with Crippen LogP contribution < -0.4 is 25.3 Å². The second kappa shape index (κ2) is 36.0. The van der Waals surface area contributed by atoms with E-state index in [1.165, 1.54) is 63.7 Å². The average molecular weight is 1260 g/mol. The van der Waals surface area contributed by atoms with Crippen LogP contribution in [-0.2, 0) is 77.8 Å². The summed E-state index contributed by atoms with van der Waals surface area (Å²) < 4.78 is 43.5. The molecule has 0 saturated carbocycles. The first-order valence-electron chi connectivity index (χ1n) is 28.8. The predicted octanol–water partition coefficient (Wildman–Crippen LogP) is 8.78. The normalized spacial score (nSPS) is 14.8. The first-order valence-corrected chi connectivity index (χ1v) is 29.3. The van der Waals surface area contributed by atoms with E-state index in [0.29, 0.717) is 63.8 Å². The molecular formula is C63H92ClN7O13S2. The predicted molar refractivity (Wildman–Crippen MR) is 338 cm³/mol. The van der Waals surface area contributed by atoms with Gasteiger partial charge in [0.1, 0.15) is 48.3 Å². The Bertz CT molecular complexity index is 2940. The molecule has 23 heteroatoms. The van der Waals surface area contributed by atoms with Crippen LogP contribution in [0.5, 0.6) is 17.2 Å². The molecule has 3 aliphatic heterocycles. The summed E-state index contributed by atoms with van der Waals surface area (Å²) in [5.74, 6) is 4.42. The Hall–Kier alpha value is -5.66. The van der Waals surface area contributed by atoms with Gasteiger partial charge in [-0.2, -0.15) is 27.0 Å². The number of nitrogens with one attached hydrogen (secondary N) is 1. The van der Waals surface area contributed by atoms with Gasteiger partial charge in [0.15, 0.2) is 36.5 Å². The minimum atomic E-state index is -0.616. The highest BCUT2D eigenvalue weighted by Gasteiger charge is 2.25. The quantitative estimate of drug-likeness (QED) is 0.0333. The van der Waals surface area contributed by atoms with Crippen LogP contribution in [0.2, 0.25) is 0 Å². The molecule has 6 heterocycles. The van der Waals surface area contributed by atoms with E-state index >= 15 is 0 Å². The molecule has 0 saturated heterocycles. The molecule has 86 heavy (non-hydrogen) atoms. The first-order chi connectivity index (χ1) is 40.1. The molecule has 0 aliphatic carbocycles. The van der Waals surface area contributed by atoms with E-state index in [2.05, 4.69) is 69.0 Å². The highest BCUT2D eigenvalue weighted by molar-refractivity contribution is 7.59. The highest BCUT2D eigenvalue weighted by atomic mass is 35.5. The van der Waals surface area contributed by atoms with Crippen molar-refractivity contribution in [3.05, 3.63) is 142 Å². The number of aliphatic hydroxyl groups is 3. The second-order valence-corrected chi connectivity index (χ2v) is 23.6. The van der Waals surface area contributed by atoms with E-state index in [9.17, 15) is 19.8 Å². The van der Waals surface area contributed by atoms with Crippen LogP contribution in [0.3, 0.4) is 0 Å². The van der Waals surface area contributed by atoms with Crippen molar-refractivity contribution in [2.24, 2.45) is 5.73 Å². The number of alkyl halides is 1. The topological polar surface area (TPSA) is 264 Å². The fourth-order valence-corrected chi connectivity index (χ4v) is 10.0. The summed E-state index contributed by atoms with van der Waals surface area (Å²) in [4.78, 5) is 39.1. The molecule has 20 nitrogen and oxygen atoms in total. The molecule has 0 radical (unpaired) electrons. The zero-order valence-corrected chi connectivity index (χ0v) is 54.2. The van der Waals surface area contributed by atoms with Crippen molar-refractivity contribution in [1.29, 1.82) is 0 Å². The van der Waals surface area contributed by atoms with Crippen LogP contribution in [0.25, 0.3) is 0 Å². The summed E-state index contributed by atoms with van der Waals surface area (Å²) in [5, 5.41) is 32.5. The molecule has 0 bridgehead atoms. The fourth-order valence-electron chi connectivity index (χ4n) is 9.86. The molecule has 0 unspecified atom stereocenters. The zero-order valence-electron chi connectivity index (χ0n) is 51.4. The van der Waals surface area contributed by atoms with Gasteiger partial charge in [0, 0.05) is 71.1 Å².